The highest BCUT2D eigenvalue weighted by atomic mass is 35.5. The number of hydrogen-bond acceptors (Lipinski definition) is 2. The lowest BCUT2D eigenvalue weighted by molar-refractivity contribution is 0.108. The summed E-state index contributed by atoms with van der Waals surface area (Å²) in [7, 11) is 0. The zero-order valence-corrected chi connectivity index (χ0v) is 11.3. The van der Waals surface area contributed by atoms with Gasteiger partial charge < -0.3 is 10.4 Å². The van der Waals surface area contributed by atoms with Crippen LogP contribution in [0.15, 0.2) is 18.2 Å². The number of aryl methyl sites for hydroxylation is 1. The van der Waals surface area contributed by atoms with E-state index < -0.39 is 0 Å². The third kappa shape index (κ3) is 2.56. The fourth-order valence-corrected chi connectivity index (χ4v) is 3.55. The third-order valence-corrected chi connectivity index (χ3v) is 4.50. The molecule has 2 aliphatic rings. The fraction of sp³-hybridized carbons (Fsp3) is 0.600. The second kappa shape index (κ2) is 5.20. The van der Waals surface area contributed by atoms with Crippen molar-refractivity contribution in [1.29, 1.82) is 0 Å². The Hall–Kier alpha value is -0.570. The maximum Gasteiger partial charge on any atom is 0.0555 e. The minimum Gasteiger partial charge on any atom is -0.393 e. The highest BCUT2D eigenvalue weighted by molar-refractivity contribution is 6.30. The predicted octanol–water partition coefficient (Wildman–Crippen LogP) is 3.22. The molecule has 1 aromatic carbocycles. The minimum atomic E-state index is -0.109. The molecule has 18 heavy (non-hydrogen) atoms. The van der Waals surface area contributed by atoms with Crippen LogP contribution in [0.2, 0.25) is 5.02 Å². The molecule has 98 valence electrons. The Kier molecular flexibility index (Phi) is 3.60. The molecule has 2 nitrogen and oxygen atoms in total. The summed E-state index contributed by atoms with van der Waals surface area (Å²) in [5.74, 6) is 0. The number of halogens is 1. The van der Waals surface area contributed by atoms with Crippen molar-refractivity contribution in [3.8, 4) is 0 Å². The van der Waals surface area contributed by atoms with Gasteiger partial charge in [-0.3, -0.25) is 0 Å². The first-order valence-electron chi connectivity index (χ1n) is 6.95. The Bertz CT molecular complexity index is 435. The van der Waals surface area contributed by atoms with Crippen molar-refractivity contribution >= 4 is 11.6 Å². The normalized spacial score (nSPS) is 31.3. The van der Waals surface area contributed by atoms with Crippen LogP contribution in [0.4, 0.5) is 0 Å². The van der Waals surface area contributed by atoms with Gasteiger partial charge in [0, 0.05) is 17.1 Å². The molecule has 0 heterocycles. The van der Waals surface area contributed by atoms with Gasteiger partial charge in [0.05, 0.1) is 6.10 Å². The topological polar surface area (TPSA) is 32.3 Å². The lowest BCUT2D eigenvalue weighted by Gasteiger charge is -2.29. The summed E-state index contributed by atoms with van der Waals surface area (Å²) in [5.41, 5.74) is 2.79. The number of nitrogens with one attached hydrogen (secondary N) is 1. The molecule has 3 unspecified atom stereocenters. The zero-order valence-electron chi connectivity index (χ0n) is 10.5. The minimum absolute atomic E-state index is 0.109. The van der Waals surface area contributed by atoms with Crippen molar-refractivity contribution in [3.05, 3.63) is 34.3 Å². The van der Waals surface area contributed by atoms with Crippen molar-refractivity contribution in [2.24, 2.45) is 0 Å². The molecule has 0 spiro atoms. The summed E-state index contributed by atoms with van der Waals surface area (Å²) in [6.45, 7) is 0. The van der Waals surface area contributed by atoms with E-state index in [0.29, 0.717) is 12.1 Å². The van der Waals surface area contributed by atoms with E-state index in [1.807, 2.05) is 6.07 Å². The van der Waals surface area contributed by atoms with E-state index in [9.17, 15) is 5.11 Å². The average molecular weight is 266 g/mol. The van der Waals surface area contributed by atoms with E-state index in [1.54, 1.807) is 0 Å². The molecule has 3 rings (SSSR count). The van der Waals surface area contributed by atoms with Crippen LogP contribution in [0.1, 0.15) is 49.3 Å². The van der Waals surface area contributed by atoms with Gasteiger partial charge in [0.2, 0.25) is 0 Å². The molecule has 3 heteroatoms. The van der Waals surface area contributed by atoms with Gasteiger partial charge in [-0.15, -0.1) is 0 Å². The monoisotopic (exact) mass is 265 g/mol. The van der Waals surface area contributed by atoms with E-state index >= 15 is 0 Å². The molecule has 0 bridgehead atoms. The van der Waals surface area contributed by atoms with Gasteiger partial charge in [0.25, 0.3) is 0 Å². The van der Waals surface area contributed by atoms with Crippen molar-refractivity contribution < 1.29 is 5.11 Å². The average Bonchev–Trinajstić information content (AvgIpc) is 2.72. The standard InChI is InChI=1S/C15H20ClNO/c16-11-5-6-14-10(8-11)4-7-15(14)17-12-2-1-3-13(18)9-12/h5-6,8,12-13,15,17-18H,1-4,7,9H2. The smallest absolute Gasteiger partial charge is 0.0555 e. The summed E-state index contributed by atoms with van der Waals surface area (Å²) in [6.07, 6.45) is 6.36. The second-order valence-corrected chi connectivity index (χ2v) is 6.05. The van der Waals surface area contributed by atoms with Gasteiger partial charge in [-0.1, -0.05) is 17.7 Å². The predicted molar refractivity (Wildman–Crippen MR) is 73.9 cm³/mol. The van der Waals surface area contributed by atoms with Crippen molar-refractivity contribution in [3.63, 3.8) is 0 Å². The van der Waals surface area contributed by atoms with Crippen LogP contribution in [0.25, 0.3) is 0 Å². The summed E-state index contributed by atoms with van der Waals surface area (Å²) < 4.78 is 0. The molecule has 0 aliphatic heterocycles. The third-order valence-electron chi connectivity index (χ3n) is 4.27. The zero-order chi connectivity index (χ0) is 12.5. The van der Waals surface area contributed by atoms with E-state index in [4.69, 9.17) is 11.6 Å². The lowest BCUT2D eigenvalue weighted by atomic mass is 9.92. The maximum absolute atomic E-state index is 9.73. The second-order valence-electron chi connectivity index (χ2n) is 5.62. The van der Waals surface area contributed by atoms with Crippen molar-refractivity contribution in [2.45, 2.75) is 56.7 Å². The van der Waals surface area contributed by atoms with E-state index in [1.165, 1.54) is 17.5 Å². The molecular weight excluding hydrogens is 246 g/mol. The molecule has 1 aromatic rings. The Morgan fingerprint density at radius 3 is 2.94 bits per heavy atom. The Labute approximate surface area is 113 Å². The number of fused-ring (bicyclic) bond motifs is 1. The molecule has 2 aliphatic carbocycles. The van der Waals surface area contributed by atoms with Gasteiger partial charge in [-0.2, -0.15) is 0 Å². The molecule has 0 radical (unpaired) electrons. The first-order chi connectivity index (χ1) is 8.72. The molecule has 0 saturated heterocycles. The van der Waals surface area contributed by atoms with Crippen LogP contribution in [-0.2, 0) is 6.42 Å². The summed E-state index contributed by atoms with van der Waals surface area (Å²) in [5, 5.41) is 14.3. The van der Waals surface area contributed by atoms with Gasteiger partial charge in [-0.05, 0) is 61.8 Å². The highest BCUT2D eigenvalue weighted by Crippen LogP contribution is 2.34. The fourth-order valence-electron chi connectivity index (χ4n) is 3.36. The Morgan fingerprint density at radius 1 is 1.22 bits per heavy atom. The maximum atomic E-state index is 9.73. The van der Waals surface area contributed by atoms with E-state index in [0.717, 1.165) is 37.1 Å². The molecule has 3 atom stereocenters. The first kappa shape index (κ1) is 12.5. The van der Waals surface area contributed by atoms with Crippen LogP contribution in [0.3, 0.4) is 0 Å². The summed E-state index contributed by atoms with van der Waals surface area (Å²) in [4.78, 5) is 0. The first-order valence-corrected chi connectivity index (χ1v) is 7.32. The summed E-state index contributed by atoms with van der Waals surface area (Å²) >= 11 is 6.03. The van der Waals surface area contributed by atoms with Crippen LogP contribution < -0.4 is 5.32 Å². The lowest BCUT2D eigenvalue weighted by Crippen LogP contribution is -2.37. The summed E-state index contributed by atoms with van der Waals surface area (Å²) in [6, 6.07) is 7.15. The van der Waals surface area contributed by atoms with Gasteiger partial charge in [-0.25, -0.2) is 0 Å². The van der Waals surface area contributed by atoms with Gasteiger partial charge in [0.1, 0.15) is 0 Å². The van der Waals surface area contributed by atoms with Crippen LogP contribution in [0, 0.1) is 0 Å². The Balaban J connectivity index is 1.69. The quantitative estimate of drug-likeness (QED) is 0.861. The molecule has 0 amide bonds. The number of aliphatic hydroxyl groups is 1. The SMILES string of the molecule is OC1CCCC(NC2CCc3cc(Cl)ccc32)C1. The van der Waals surface area contributed by atoms with E-state index in [2.05, 4.69) is 17.4 Å². The number of benzene rings is 1. The number of rotatable bonds is 2. The van der Waals surface area contributed by atoms with Crippen LogP contribution in [0.5, 0.6) is 0 Å². The molecule has 2 N–H and O–H groups in total. The number of aliphatic hydroxyl groups excluding tert-OH is 1. The van der Waals surface area contributed by atoms with Crippen LogP contribution >= 0.6 is 11.6 Å². The van der Waals surface area contributed by atoms with Gasteiger partial charge >= 0.3 is 0 Å². The van der Waals surface area contributed by atoms with Crippen molar-refractivity contribution in [2.75, 3.05) is 0 Å². The molecule has 1 fully saturated rings. The van der Waals surface area contributed by atoms with Crippen LogP contribution in [-0.4, -0.2) is 17.3 Å². The van der Waals surface area contributed by atoms with Gasteiger partial charge in [0.15, 0.2) is 0 Å². The molecular formula is C15H20ClNO. The highest BCUT2D eigenvalue weighted by Gasteiger charge is 2.27. The van der Waals surface area contributed by atoms with Crippen molar-refractivity contribution in [1.82, 2.24) is 5.32 Å². The Morgan fingerprint density at radius 2 is 2.11 bits per heavy atom. The molecule has 0 aromatic heterocycles. The largest absolute Gasteiger partial charge is 0.393 e. The molecule has 1 saturated carbocycles. The van der Waals surface area contributed by atoms with E-state index in [-0.39, 0.29) is 6.10 Å². The number of hydrogen-bond donors (Lipinski definition) is 2.